The van der Waals surface area contributed by atoms with Crippen LogP contribution in [0.25, 0.3) is 0 Å². The first kappa shape index (κ1) is 11.8. The summed E-state index contributed by atoms with van der Waals surface area (Å²) in [6.45, 7) is 2.72. The summed E-state index contributed by atoms with van der Waals surface area (Å²) >= 11 is 0. The monoisotopic (exact) mass is 236 g/mol. The minimum Gasteiger partial charge on any atom is -0.493 e. The lowest BCUT2D eigenvalue weighted by Gasteiger charge is -2.25. The minimum atomic E-state index is -0.242. The molecule has 0 spiro atoms. The number of rotatable bonds is 3. The van der Waals surface area contributed by atoms with Gasteiger partial charge in [-0.2, -0.15) is 0 Å². The Balaban J connectivity index is 2.34. The SMILES string of the molecule is CCOC(=O)C1CCOc2c(OC)cccc21. The van der Waals surface area contributed by atoms with E-state index in [0.717, 1.165) is 5.56 Å². The van der Waals surface area contributed by atoms with Crippen molar-refractivity contribution >= 4 is 5.97 Å². The van der Waals surface area contributed by atoms with Gasteiger partial charge in [0.1, 0.15) is 0 Å². The molecule has 0 saturated carbocycles. The topological polar surface area (TPSA) is 44.8 Å². The van der Waals surface area contributed by atoms with Gasteiger partial charge in [-0.3, -0.25) is 4.79 Å². The summed E-state index contributed by atoms with van der Waals surface area (Å²) in [5, 5.41) is 0. The van der Waals surface area contributed by atoms with Crippen LogP contribution < -0.4 is 9.47 Å². The summed E-state index contributed by atoms with van der Waals surface area (Å²) < 4.78 is 15.9. The number of benzene rings is 1. The van der Waals surface area contributed by atoms with Gasteiger partial charge in [0.2, 0.25) is 0 Å². The number of esters is 1. The smallest absolute Gasteiger partial charge is 0.313 e. The van der Waals surface area contributed by atoms with Gasteiger partial charge in [0.25, 0.3) is 0 Å². The van der Waals surface area contributed by atoms with Crippen LogP contribution in [0.15, 0.2) is 18.2 Å². The molecular formula is C13H16O4. The maximum atomic E-state index is 11.8. The van der Waals surface area contributed by atoms with Crippen molar-refractivity contribution in [1.82, 2.24) is 0 Å². The predicted molar refractivity (Wildman–Crippen MR) is 62.5 cm³/mol. The van der Waals surface area contributed by atoms with E-state index in [4.69, 9.17) is 14.2 Å². The van der Waals surface area contributed by atoms with Crippen molar-refractivity contribution in [3.05, 3.63) is 23.8 Å². The molecule has 1 heterocycles. The van der Waals surface area contributed by atoms with Crippen LogP contribution >= 0.6 is 0 Å². The van der Waals surface area contributed by atoms with Gasteiger partial charge in [0, 0.05) is 5.56 Å². The van der Waals surface area contributed by atoms with Crippen molar-refractivity contribution in [3.8, 4) is 11.5 Å². The molecule has 0 fully saturated rings. The summed E-state index contributed by atoms with van der Waals surface area (Å²) in [5.74, 6) is 0.898. The molecule has 0 saturated heterocycles. The van der Waals surface area contributed by atoms with Crippen LogP contribution in [0.3, 0.4) is 0 Å². The highest BCUT2D eigenvalue weighted by molar-refractivity contribution is 5.80. The number of para-hydroxylation sites is 1. The zero-order valence-corrected chi connectivity index (χ0v) is 10.1. The lowest BCUT2D eigenvalue weighted by atomic mass is 9.93. The Morgan fingerprint density at radius 1 is 1.53 bits per heavy atom. The lowest BCUT2D eigenvalue weighted by Crippen LogP contribution is -2.23. The van der Waals surface area contributed by atoms with E-state index in [9.17, 15) is 4.79 Å². The van der Waals surface area contributed by atoms with Gasteiger partial charge in [-0.1, -0.05) is 12.1 Å². The fourth-order valence-electron chi connectivity index (χ4n) is 2.04. The van der Waals surface area contributed by atoms with Crippen molar-refractivity contribution in [3.63, 3.8) is 0 Å². The number of methoxy groups -OCH3 is 1. The second-order valence-electron chi connectivity index (χ2n) is 3.82. The number of fused-ring (bicyclic) bond motifs is 1. The highest BCUT2D eigenvalue weighted by Gasteiger charge is 2.30. The number of ether oxygens (including phenoxy) is 3. The second kappa shape index (κ2) is 5.08. The fourth-order valence-corrected chi connectivity index (χ4v) is 2.04. The predicted octanol–water partition coefficient (Wildman–Crippen LogP) is 2.12. The van der Waals surface area contributed by atoms with E-state index in [0.29, 0.717) is 31.1 Å². The van der Waals surface area contributed by atoms with Gasteiger partial charge in [0.15, 0.2) is 11.5 Å². The van der Waals surface area contributed by atoms with E-state index in [1.54, 1.807) is 7.11 Å². The van der Waals surface area contributed by atoms with E-state index >= 15 is 0 Å². The number of hydrogen-bond donors (Lipinski definition) is 0. The number of carbonyl (C=O) groups is 1. The van der Waals surface area contributed by atoms with Gasteiger partial charge in [-0.15, -0.1) is 0 Å². The first-order valence-corrected chi connectivity index (χ1v) is 5.74. The largest absolute Gasteiger partial charge is 0.493 e. The minimum absolute atomic E-state index is 0.190. The van der Waals surface area contributed by atoms with Gasteiger partial charge in [0.05, 0.1) is 26.2 Å². The normalized spacial score (nSPS) is 17.9. The second-order valence-corrected chi connectivity index (χ2v) is 3.82. The molecular weight excluding hydrogens is 220 g/mol. The molecule has 0 aromatic heterocycles. The van der Waals surface area contributed by atoms with Crippen LogP contribution in [0.5, 0.6) is 11.5 Å². The van der Waals surface area contributed by atoms with E-state index < -0.39 is 0 Å². The maximum absolute atomic E-state index is 11.8. The first-order valence-electron chi connectivity index (χ1n) is 5.74. The van der Waals surface area contributed by atoms with E-state index in [2.05, 4.69) is 0 Å². The van der Waals surface area contributed by atoms with Crippen molar-refractivity contribution in [2.45, 2.75) is 19.3 Å². The summed E-state index contributed by atoms with van der Waals surface area (Å²) in [6, 6.07) is 5.57. The van der Waals surface area contributed by atoms with Crippen molar-refractivity contribution in [2.75, 3.05) is 20.3 Å². The van der Waals surface area contributed by atoms with Crippen molar-refractivity contribution in [1.29, 1.82) is 0 Å². The standard InChI is InChI=1S/C13H16O4/c1-3-16-13(14)10-7-8-17-12-9(10)5-4-6-11(12)15-2/h4-6,10H,3,7-8H2,1-2H3. The van der Waals surface area contributed by atoms with Crippen LogP contribution in [0, 0.1) is 0 Å². The van der Waals surface area contributed by atoms with Crippen LogP contribution in [-0.2, 0) is 9.53 Å². The van der Waals surface area contributed by atoms with E-state index in [1.165, 1.54) is 0 Å². The molecule has 1 aromatic carbocycles. The zero-order valence-electron chi connectivity index (χ0n) is 10.1. The Morgan fingerprint density at radius 2 is 2.35 bits per heavy atom. The molecule has 0 radical (unpaired) electrons. The molecule has 17 heavy (non-hydrogen) atoms. The van der Waals surface area contributed by atoms with Crippen LogP contribution in [0.2, 0.25) is 0 Å². The Bertz CT molecular complexity index is 414. The molecule has 1 aliphatic rings. The fraction of sp³-hybridized carbons (Fsp3) is 0.462. The first-order chi connectivity index (χ1) is 8.27. The van der Waals surface area contributed by atoms with E-state index in [1.807, 2.05) is 25.1 Å². The molecule has 0 N–H and O–H groups in total. The molecule has 0 bridgehead atoms. The molecule has 0 aliphatic carbocycles. The third kappa shape index (κ3) is 2.20. The average Bonchev–Trinajstić information content (AvgIpc) is 2.37. The highest BCUT2D eigenvalue weighted by atomic mass is 16.5. The molecule has 4 heteroatoms. The zero-order chi connectivity index (χ0) is 12.3. The molecule has 1 unspecified atom stereocenters. The van der Waals surface area contributed by atoms with Gasteiger partial charge < -0.3 is 14.2 Å². The third-order valence-corrected chi connectivity index (χ3v) is 2.83. The van der Waals surface area contributed by atoms with Crippen molar-refractivity contribution < 1.29 is 19.0 Å². The highest BCUT2D eigenvalue weighted by Crippen LogP contribution is 2.40. The molecule has 1 aromatic rings. The van der Waals surface area contributed by atoms with Crippen LogP contribution in [0.1, 0.15) is 24.8 Å². The summed E-state index contributed by atoms with van der Waals surface area (Å²) in [7, 11) is 1.59. The summed E-state index contributed by atoms with van der Waals surface area (Å²) in [5.41, 5.74) is 0.856. The van der Waals surface area contributed by atoms with Gasteiger partial charge >= 0.3 is 5.97 Å². The van der Waals surface area contributed by atoms with Crippen LogP contribution in [-0.4, -0.2) is 26.3 Å². The Morgan fingerprint density at radius 3 is 3.06 bits per heavy atom. The van der Waals surface area contributed by atoms with Gasteiger partial charge in [-0.25, -0.2) is 0 Å². The Labute approximate surface area is 100 Å². The average molecular weight is 236 g/mol. The lowest BCUT2D eigenvalue weighted by molar-refractivity contribution is -0.145. The van der Waals surface area contributed by atoms with Crippen LogP contribution in [0.4, 0.5) is 0 Å². The molecule has 2 rings (SSSR count). The maximum Gasteiger partial charge on any atom is 0.313 e. The van der Waals surface area contributed by atoms with E-state index in [-0.39, 0.29) is 11.9 Å². The van der Waals surface area contributed by atoms with Gasteiger partial charge in [-0.05, 0) is 19.4 Å². The molecule has 1 atom stereocenters. The van der Waals surface area contributed by atoms with Crippen molar-refractivity contribution in [2.24, 2.45) is 0 Å². The quantitative estimate of drug-likeness (QED) is 0.754. The molecule has 0 amide bonds. The summed E-state index contributed by atoms with van der Waals surface area (Å²) in [4.78, 5) is 11.8. The number of carbonyl (C=O) groups excluding carboxylic acids is 1. The Kier molecular flexibility index (Phi) is 3.52. The molecule has 1 aliphatic heterocycles. The Hall–Kier alpha value is -1.71. The molecule has 4 nitrogen and oxygen atoms in total. The molecule has 92 valence electrons. The summed E-state index contributed by atoms with van der Waals surface area (Å²) in [6.07, 6.45) is 0.652. The number of hydrogen-bond acceptors (Lipinski definition) is 4. The third-order valence-electron chi connectivity index (χ3n) is 2.83.